The summed E-state index contributed by atoms with van der Waals surface area (Å²) in [6.45, 7) is 8.45. The van der Waals surface area contributed by atoms with Gasteiger partial charge in [0, 0.05) is 31.4 Å². The molecule has 3 nitrogen and oxygen atoms in total. The van der Waals surface area contributed by atoms with Gasteiger partial charge in [0.05, 0.1) is 0 Å². The third-order valence-electron chi connectivity index (χ3n) is 4.02. The second-order valence-electron chi connectivity index (χ2n) is 5.41. The molecular formula is C15H25N3. The zero-order valence-corrected chi connectivity index (χ0v) is 11.8. The average molecular weight is 247 g/mol. The van der Waals surface area contributed by atoms with Gasteiger partial charge < -0.3 is 15.5 Å². The molecule has 2 rings (SSSR count). The molecule has 0 saturated carbocycles. The van der Waals surface area contributed by atoms with Crippen LogP contribution in [0.5, 0.6) is 0 Å². The van der Waals surface area contributed by atoms with Crippen molar-refractivity contribution in [3.05, 3.63) is 29.3 Å². The van der Waals surface area contributed by atoms with Crippen LogP contribution in [0.3, 0.4) is 0 Å². The van der Waals surface area contributed by atoms with Crippen molar-refractivity contribution in [2.24, 2.45) is 5.73 Å². The van der Waals surface area contributed by atoms with Gasteiger partial charge in [0.1, 0.15) is 0 Å². The van der Waals surface area contributed by atoms with Gasteiger partial charge >= 0.3 is 0 Å². The molecule has 1 aromatic rings. The van der Waals surface area contributed by atoms with Gasteiger partial charge in [-0.3, -0.25) is 0 Å². The highest BCUT2D eigenvalue weighted by Gasteiger charge is 2.22. The van der Waals surface area contributed by atoms with Crippen molar-refractivity contribution in [3.8, 4) is 0 Å². The number of rotatable bonds is 2. The van der Waals surface area contributed by atoms with E-state index in [-0.39, 0.29) is 0 Å². The van der Waals surface area contributed by atoms with E-state index < -0.39 is 0 Å². The van der Waals surface area contributed by atoms with E-state index in [2.05, 4.69) is 48.9 Å². The fraction of sp³-hybridized carbons (Fsp3) is 0.600. The van der Waals surface area contributed by atoms with Crippen molar-refractivity contribution in [2.45, 2.75) is 26.3 Å². The van der Waals surface area contributed by atoms with Gasteiger partial charge in [0.25, 0.3) is 0 Å². The lowest BCUT2D eigenvalue weighted by molar-refractivity contribution is 0.266. The zero-order chi connectivity index (χ0) is 13.1. The van der Waals surface area contributed by atoms with Crippen LogP contribution < -0.4 is 10.6 Å². The number of anilines is 1. The van der Waals surface area contributed by atoms with E-state index in [1.807, 2.05) is 0 Å². The van der Waals surface area contributed by atoms with E-state index in [0.29, 0.717) is 6.04 Å². The molecule has 1 heterocycles. The number of hydrogen-bond donors (Lipinski definition) is 1. The molecule has 0 spiro atoms. The molecule has 1 aliphatic rings. The molecule has 1 aliphatic heterocycles. The molecule has 0 aliphatic carbocycles. The molecule has 0 bridgehead atoms. The molecule has 1 aromatic carbocycles. The monoisotopic (exact) mass is 247 g/mol. The van der Waals surface area contributed by atoms with E-state index >= 15 is 0 Å². The minimum atomic E-state index is 0.464. The summed E-state index contributed by atoms with van der Waals surface area (Å²) in [6.07, 6.45) is 1.21. The van der Waals surface area contributed by atoms with Crippen molar-refractivity contribution < 1.29 is 0 Å². The first-order valence-corrected chi connectivity index (χ1v) is 6.85. The van der Waals surface area contributed by atoms with E-state index in [4.69, 9.17) is 5.73 Å². The van der Waals surface area contributed by atoms with Crippen molar-refractivity contribution in [1.82, 2.24) is 4.90 Å². The third-order valence-corrected chi connectivity index (χ3v) is 4.02. The Balaban J connectivity index is 2.27. The largest absolute Gasteiger partial charge is 0.369 e. The van der Waals surface area contributed by atoms with Gasteiger partial charge in [-0.2, -0.15) is 0 Å². The quantitative estimate of drug-likeness (QED) is 0.864. The van der Waals surface area contributed by atoms with Crippen LogP contribution in [0.15, 0.2) is 18.2 Å². The first-order chi connectivity index (χ1) is 8.63. The van der Waals surface area contributed by atoms with Crippen LogP contribution in [0.2, 0.25) is 0 Å². The number of para-hydroxylation sites is 1. The fourth-order valence-corrected chi connectivity index (χ4v) is 2.94. The first-order valence-electron chi connectivity index (χ1n) is 6.85. The predicted octanol–water partition coefficient (Wildman–Crippen LogP) is 1.77. The van der Waals surface area contributed by atoms with Crippen LogP contribution in [0.4, 0.5) is 5.69 Å². The lowest BCUT2D eigenvalue weighted by Gasteiger charge is -2.31. The van der Waals surface area contributed by atoms with Crippen molar-refractivity contribution in [3.63, 3.8) is 0 Å². The van der Waals surface area contributed by atoms with E-state index in [0.717, 1.165) is 26.2 Å². The SMILES string of the molecule is Cc1cccc(C)c1N1CCCN(C)C(CN)C1. The number of hydrogen-bond acceptors (Lipinski definition) is 3. The van der Waals surface area contributed by atoms with Crippen LogP contribution in [-0.2, 0) is 0 Å². The highest BCUT2D eigenvalue weighted by molar-refractivity contribution is 5.59. The fourth-order valence-electron chi connectivity index (χ4n) is 2.94. The highest BCUT2D eigenvalue weighted by atomic mass is 15.2. The molecule has 2 N–H and O–H groups in total. The summed E-state index contributed by atoms with van der Waals surface area (Å²) in [4.78, 5) is 4.92. The standard InChI is InChI=1S/C15H25N3/c1-12-6-4-7-13(2)15(12)18-9-5-8-17(3)14(10-16)11-18/h4,6-7,14H,5,8-11,16H2,1-3H3. The number of nitrogens with zero attached hydrogens (tertiary/aromatic N) is 2. The normalized spacial score (nSPS) is 22.0. The van der Waals surface area contributed by atoms with Gasteiger partial charge in [-0.15, -0.1) is 0 Å². The Labute approximate surface area is 111 Å². The Kier molecular flexibility index (Phi) is 4.25. The maximum absolute atomic E-state index is 5.91. The van der Waals surface area contributed by atoms with Crippen LogP contribution in [0.25, 0.3) is 0 Å². The van der Waals surface area contributed by atoms with Crippen molar-refractivity contribution in [2.75, 3.05) is 38.1 Å². The molecule has 18 heavy (non-hydrogen) atoms. The molecule has 0 aromatic heterocycles. The summed E-state index contributed by atoms with van der Waals surface area (Å²) in [6, 6.07) is 7.01. The Morgan fingerprint density at radius 3 is 2.50 bits per heavy atom. The molecule has 1 unspecified atom stereocenters. The van der Waals surface area contributed by atoms with Crippen molar-refractivity contribution in [1.29, 1.82) is 0 Å². The summed E-state index contributed by atoms with van der Waals surface area (Å²) < 4.78 is 0. The van der Waals surface area contributed by atoms with Gasteiger partial charge in [0.2, 0.25) is 0 Å². The number of likely N-dealkylation sites (N-methyl/N-ethyl adjacent to an activating group) is 1. The lowest BCUT2D eigenvalue weighted by Crippen LogP contribution is -2.44. The van der Waals surface area contributed by atoms with Gasteiger partial charge in [-0.25, -0.2) is 0 Å². The summed E-state index contributed by atoms with van der Waals surface area (Å²) in [5.41, 5.74) is 10.1. The number of benzene rings is 1. The average Bonchev–Trinajstić information content (AvgIpc) is 2.51. The Bertz CT molecular complexity index is 382. The van der Waals surface area contributed by atoms with Crippen LogP contribution in [-0.4, -0.2) is 44.2 Å². The second kappa shape index (κ2) is 5.72. The van der Waals surface area contributed by atoms with Gasteiger partial charge in [-0.05, 0) is 45.0 Å². The highest BCUT2D eigenvalue weighted by Crippen LogP contribution is 2.26. The maximum atomic E-state index is 5.91. The third kappa shape index (κ3) is 2.68. The van der Waals surface area contributed by atoms with E-state index in [1.54, 1.807) is 0 Å². The molecule has 1 fully saturated rings. The first kappa shape index (κ1) is 13.4. The van der Waals surface area contributed by atoms with Crippen LogP contribution in [0, 0.1) is 13.8 Å². The molecular weight excluding hydrogens is 222 g/mol. The molecule has 1 saturated heterocycles. The lowest BCUT2D eigenvalue weighted by atomic mass is 10.1. The van der Waals surface area contributed by atoms with E-state index in [9.17, 15) is 0 Å². The molecule has 1 atom stereocenters. The summed E-state index contributed by atoms with van der Waals surface area (Å²) in [5.74, 6) is 0. The molecule has 3 heteroatoms. The minimum Gasteiger partial charge on any atom is -0.369 e. The zero-order valence-electron chi connectivity index (χ0n) is 11.8. The summed E-state index contributed by atoms with van der Waals surface area (Å²) in [7, 11) is 2.19. The second-order valence-corrected chi connectivity index (χ2v) is 5.41. The Hall–Kier alpha value is -1.06. The van der Waals surface area contributed by atoms with Crippen molar-refractivity contribution >= 4 is 5.69 Å². The molecule has 0 radical (unpaired) electrons. The Morgan fingerprint density at radius 1 is 1.22 bits per heavy atom. The summed E-state index contributed by atoms with van der Waals surface area (Å²) in [5, 5.41) is 0. The predicted molar refractivity (Wildman–Crippen MR) is 78.2 cm³/mol. The van der Waals surface area contributed by atoms with E-state index in [1.165, 1.54) is 23.2 Å². The topological polar surface area (TPSA) is 32.5 Å². The Morgan fingerprint density at radius 2 is 1.89 bits per heavy atom. The smallest absolute Gasteiger partial charge is 0.0426 e. The minimum absolute atomic E-state index is 0.464. The van der Waals surface area contributed by atoms with Crippen LogP contribution in [0.1, 0.15) is 17.5 Å². The molecule has 100 valence electrons. The number of aryl methyl sites for hydroxylation is 2. The maximum Gasteiger partial charge on any atom is 0.0426 e. The molecule has 0 amide bonds. The van der Waals surface area contributed by atoms with Gasteiger partial charge in [-0.1, -0.05) is 18.2 Å². The van der Waals surface area contributed by atoms with Crippen LogP contribution >= 0.6 is 0 Å². The van der Waals surface area contributed by atoms with Gasteiger partial charge in [0.15, 0.2) is 0 Å². The number of nitrogens with two attached hydrogens (primary N) is 1. The summed E-state index contributed by atoms with van der Waals surface area (Å²) >= 11 is 0.